The van der Waals surface area contributed by atoms with E-state index in [1.165, 1.54) is 0 Å². The summed E-state index contributed by atoms with van der Waals surface area (Å²) in [5.41, 5.74) is 7.31. The van der Waals surface area contributed by atoms with Crippen LogP contribution in [0.5, 0.6) is 0 Å². The third-order valence-corrected chi connectivity index (χ3v) is 4.00. The largest absolute Gasteiger partial charge is 0.444 e. The van der Waals surface area contributed by atoms with Crippen LogP contribution in [0, 0.1) is 0 Å². The molecule has 4 N–H and O–H groups in total. The molecule has 0 aromatic heterocycles. The van der Waals surface area contributed by atoms with E-state index in [-0.39, 0.29) is 5.91 Å². The summed E-state index contributed by atoms with van der Waals surface area (Å²) in [5.74, 6) is -0.139. The molecule has 2 amide bonds. The standard InChI is InChI=1S/C18H28N4O3/c1-18(2,3)25-17(24)21-15(16(23)22-9-5-6-10-22)12-7-8-14(20-4)13(19)11-12/h7-8,11,15,20H,5-6,9-10,19H2,1-4H3,(H,21,24). The number of amides is 2. The maximum atomic E-state index is 12.9. The first-order valence-electron chi connectivity index (χ1n) is 8.57. The van der Waals surface area contributed by atoms with Gasteiger partial charge in [-0.2, -0.15) is 0 Å². The molecule has 7 nitrogen and oxygen atoms in total. The molecule has 0 aliphatic carbocycles. The minimum absolute atomic E-state index is 0.139. The van der Waals surface area contributed by atoms with E-state index in [1.807, 2.05) is 0 Å². The molecule has 1 aliphatic heterocycles. The Morgan fingerprint density at radius 3 is 2.40 bits per heavy atom. The van der Waals surface area contributed by atoms with E-state index in [0.29, 0.717) is 24.3 Å². The Kier molecular flexibility index (Phi) is 5.77. The van der Waals surface area contributed by atoms with Crippen molar-refractivity contribution in [3.05, 3.63) is 23.8 Å². The van der Waals surface area contributed by atoms with Crippen LogP contribution in [0.15, 0.2) is 18.2 Å². The van der Waals surface area contributed by atoms with E-state index in [1.54, 1.807) is 50.9 Å². The number of anilines is 2. The minimum Gasteiger partial charge on any atom is -0.444 e. The Morgan fingerprint density at radius 1 is 1.24 bits per heavy atom. The first-order valence-corrected chi connectivity index (χ1v) is 8.57. The van der Waals surface area contributed by atoms with Crippen molar-refractivity contribution in [1.82, 2.24) is 10.2 Å². The molecule has 138 valence electrons. The first-order chi connectivity index (χ1) is 11.7. The number of carbonyl (C=O) groups is 2. The molecule has 1 atom stereocenters. The lowest BCUT2D eigenvalue weighted by atomic mass is 10.0. The summed E-state index contributed by atoms with van der Waals surface area (Å²) in [6.45, 7) is 6.75. The quantitative estimate of drug-likeness (QED) is 0.727. The maximum Gasteiger partial charge on any atom is 0.408 e. The number of hydrogen-bond donors (Lipinski definition) is 3. The molecule has 25 heavy (non-hydrogen) atoms. The van der Waals surface area contributed by atoms with Crippen LogP contribution < -0.4 is 16.4 Å². The van der Waals surface area contributed by atoms with Gasteiger partial charge in [-0.05, 0) is 51.3 Å². The maximum absolute atomic E-state index is 12.9. The molecule has 0 radical (unpaired) electrons. The highest BCUT2D eigenvalue weighted by Crippen LogP contribution is 2.26. The van der Waals surface area contributed by atoms with Crippen LogP contribution in [0.25, 0.3) is 0 Å². The van der Waals surface area contributed by atoms with E-state index in [2.05, 4.69) is 10.6 Å². The second-order valence-electron chi connectivity index (χ2n) is 7.21. The van der Waals surface area contributed by atoms with Crippen LogP contribution in [0.3, 0.4) is 0 Å². The second-order valence-corrected chi connectivity index (χ2v) is 7.21. The third kappa shape index (κ3) is 5.01. The normalized spacial score (nSPS) is 15.6. The van der Waals surface area contributed by atoms with Crippen LogP contribution in [0.4, 0.5) is 16.2 Å². The van der Waals surface area contributed by atoms with Gasteiger partial charge in [-0.1, -0.05) is 6.07 Å². The molecule has 0 saturated carbocycles. The zero-order chi connectivity index (χ0) is 18.6. The number of nitrogen functional groups attached to an aromatic ring is 1. The average Bonchev–Trinajstić information content (AvgIpc) is 3.04. The minimum atomic E-state index is -0.818. The van der Waals surface area contributed by atoms with Crippen molar-refractivity contribution in [2.24, 2.45) is 0 Å². The number of likely N-dealkylation sites (tertiary alicyclic amines) is 1. The number of nitrogens with one attached hydrogen (secondary N) is 2. The van der Waals surface area contributed by atoms with Crippen LogP contribution in [0.2, 0.25) is 0 Å². The van der Waals surface area contributed by atoms with E-state index in [4.69, 9.17) is 10.5 Å². The number of benzene rings is 1. The van der Waals surface area contributed by atoms with Crippen molar-refractivity contribution in [3.63, 3.8) is 0 Å². The summed E-state index contributed by atoms with van der Waals surface area (Å²) in [4.78, 5) is 26.9. The van der Waals surface area contributed by atoms with Gasteiger partial charge in [0.15, 0.2) is 0 Å². The Hall–Kier alpha value is -2.44. The molecular formula is C18H28N4O3. The SMILES string of the molecule is CNc1ccc(C(NC(=O)OC(C)(C)C)C(=O)N2CCCC2)cc1N. The van der Waals surface area contributed by atoms with Crippen LogP contribution in [-0.4, -0.2) is 42.6 Å². The number of nitrogens with two attached hydrogens (primary N) is 1. The molecule has 1 saturated heterocycles. The van der Waals surface area contributed by atoms with Gasteiger partial charge in [0.1, 0.15) is 11.6 Å². The fourth-order valence-corrected chi connectivity index (χ4v) is 2.82. The number of nitrogens with zero attached hydrogens (tertiary/aromatic N) is 1. The van der Waals surface area contributed by atoms with Gasteiger partial charge < -0.3 is 26.0 Å². The average molecular weight is 348 g/mol. The monoisotopic (exact) mass is 348 g/mol. The first kappa shape index (κ1) is 18.9. The summed E-state index contributed by atoms with van der Waals surface area (Å²) >= 11 is 0. The highest BCUT2D eigenvalue weighted by atomic mass is 16.6. The fourth-order valence-electron chi connectivity index (χ4n) is 2.82. The lowest BCUT2D eigenvalue weighted by molar-refractivity contribution is -0.132. The van der Waals surface area contributed by atoms with Crippen molar-refractivity contribution in [2.45, 2.75) is 45.3 Å². The highest BCUT2D eigenvalue weighted by molar-refractivity contribution is 5.88. The zero-order valence-corrected chi connectivity index (χ0v) is 15.4. The van der Waals surface area contributed by atoms with Gasteiger partial charge in [0, 0.05) is 20.1 Å². The van der Waals surface area contributed by atoms with Crippen LogP contribution in [-0.2, 0) is 9.53 Å². The highest BCUT2D eigenvalue weighted by Gasteiger charge is 2.31. The zero-order valence-electron chi connectivity index (χ0n) is 15.4. The van der Waals surface area contributed by atoms with Gasteiger partial charge in [-0.15, -0.1) is 0 Å². The predicted octanol–water partition coefficient (Wildman–Crippen LogP) is 2.50. The summed E-state index contributed by atoms with van der Waals surface area (Å²) in [5, 5.41) is 5.69. The van der Waals surface area contributed by atoms with Gasteiger partial charge in [0.25, 0.3) is 0 Å². The van der Waals surface area contributed by atoms with Gasteiger partial charge in [-0.3, -0.25) is 4.79 Å². The van der Waals surface area contributed by atoms with E-state index < -0.39 is 17.7 Å². The lowest BCUT2D eigenvalue weighted by Gasteiger charge is -2.26. The molecule has 1 aliphatic rings. The number of alkyl carbamates (subject to hydrolysis) is 1. The van der Waals surface area contributed by atoms with Crippen molar-refractivity contribution in [3.8, 4) is 0 Å². The van der Waals surface area contributed by atoms with E-state index >= 15 is 0 Å². The fraction of sp³-hybridized carbons (Fsp3) is 0.556. The van der Waals surface area contributed by atoms with Crippen LogP contribution >= 0.6 is 0 Å². The summed E-state index contributed by atoms with van der Waals surface area (Å²) in [6.07, 6.45) is 1.33. The molecule has 1 fully saturated rings. The summed E-state index contributed by atoms with van der Waals surface area (Å²) < 4.78 is 5.31. The molecule has 1 heterocycles. The van der Waals surface area contributed by atoms with Crippen molar-refractivity contribution in [1.29, 1.82) is 0 Å². The summed E-state index contributed by atoms with van der Waals surface area (Å²) in [6, 6.07) is 4.48. The smallest absolute Gasteiger partial charge is 0.408 e. The number of hydrogen-bond acceptors (Lipinski definition) is 5. The molecule has 1 aromatic rings. The Labute approximate surface area is 148 Å². The third-order valence-electron chi connectivity index (χ3n) is 4.00. The van der Waals surface area contributed by atoms with E-state index in [0.717, 1.165) is 18.5 Å². The molecular weight excluding hydrogens is 320 g/mol. The lowest BCUT2D eigenvalue weighted by Crippen LogP contribution is -2.43. The molecule has 1 unspecified atom stereocenters. The van der Waals surface area contributed by atoms with Gasteiger partial charge >= 0.3 is 6.09 Å². The van der Waals surface area contributed by atoms with Crippen molar-refractivity contribution >= 4 is 23.4 Å². The Bertz CT molecular complexity index is 634. The summed E-state index contributed by atoms with van der Waals surface area (Å²) in [7, 11) is 1.77. The number of ether oxygens (including phenoxy) is 1. The second kappa shape index (κ2) is 7.63. The molecule has 7 heteroatoms. The topological polar surface area (TPSA) is 96.7 Å². The Balaban J connectivity index is 2.26. The van der Waals surface area contributed by atoms with Gasteiger partial charge in [0.05, 0.1) is 11.4 Å². The van der Waals surface area contributed by atoms with Crippen LogP contribution in [0.1, 0.15) is 45.2 Å². The van der Waals surface area contributed by atoms with Crippen molar-refractivity contribution < 1.29 is 14.3 Å². The van der Waals surface area contributed by atoms with Gasteiger partial charge in [-0.25, -0.2) is 4.79 Å². The molecule has 1 aromatic carbocycles. The predicted molar refractivity (Wildman–Crippen MR) is 98.3 cm³/mol. The number of rotatable bonds is 4. The van der Waals surface area contributed by atoms with E-state index in [9.17, 15) is 9.59 Å². The molecule has 2 rings (SSSR count). The Morgan fingerprint density at radius 2 is 1.88 bits per heavy atom. The molecule has 0 spiro atoms. The van der Waals surface area contributed by atoms with Gasteiger partial charge in [0.2, 0.25) is 5.91 Å². The number of carbonyl (C=O) groups excluding carboxylic acids is 2. The van der Waals surface area contributed by atoms with Crippen molar-refractivity contribution in [2.75, 3.05) is 31.2 Å². The molecule has 0 bridgehead atoms.